The lowest BCUT2D eigenvalue weighted by molar-refractivity contribution is -0.137. The van der Waals surface area contributed by atoms with Gasteiger partial charge in [-0.15, -0.1) is 0 Å². The molecule has 1 N–H and O–H groups in total. The summed E-state index contributed by atoms with van der Waals surface area (Å²) < 4.78 is 51.6. The normalized spacial score (nSPS) is 17.3. The van der Waals surface area contributed by atoms with Crippen LogP contribution in [0.2, 0.25) is 0 Å². The minimum atomic E-state index is -4.32. The number of carbonyl (C=O) groups excluding carboxylic acids is 1. The van der Waals surface area contributed by atoms with E-state index in [1.807, 2.05) is 30.3 Å². The number of rotatable bonds is 6. The van der Waals surface area contributed by atoms with Gasteiger partial charge in [-0.1, -0.05) is 30.3 Å². The Morgan fingerprint density at radius 1 is 0.816 bits per heavy atom. The second-order valence-corrected chi connectivity index (χ2v) is 10.3. The highest BCUT2D eigenvalue weighted by Crippen LogP contribution is 2.29. The first-order valence-corrected chi connectivity index (χ1v) is 13.0. The Labute approximate surface area is 220 Å². The molecule has 0 spiro atoms. The van der Waals surface area contributed by atoms with E-state index in [4.69, 9.17) is 0 Å². The fourth-order valence-electron chi connectivity index (χ4n) is 5.30. The number of halogens is 4. The fraction of sp³-hybridized carbons (Fsp3) is 0.367. The highest BCUT2D eigenvalue weighted by atomic mass is 19.4. The second kappa shape index (κ2) is 11.3. The van der Waals surface area contributed by atoms with Gasteiger partial charge in [-0.05, 0) is 77.9 Å². The average Bonchev–Trinajstić information content (AvgIpc) is 2.90. The molecule has 4 nitrogen and oxygen atoms in total. The molecule has 3 aromatic carbocycles. The summed E-state index contributed by atoms with van der Waals surface area (Å²) >= 11 is 0. The molecule has 200 valence electrons. The number of piperidine rings is 1. The molecule has 3 aromatic rings. The summed E-state index contributed by atoms with van der Waals surface area (Å²) in [5, 5.41) is 3.17. The fourth-order valence-corrected chi connectivity index (χ4v) is 5.30. The molecule has 1 saturated heterocycles. The van der Waals surface area contributed by atoms with Crippen LogP contribution in [0.25, 0.3) is 0 Å². The van der Waals surface area contributed by atoms with E-state index in [1.54, 1.807) is 0 Å². The van der Waals surface area contributed by atoms with Gasteiger partial charge >= 0.3 is 6.18 Å². The Balaban J connectivity index is 1.12. The quantitative estimate of drug-likeness (QED) is 0.414. The lowest BCUT2D eigenvalue weighted by Crippen LogP contribution is -2.44. The van der Waals surface area contributed by atoms with Gasteiger partial charge in [0.1, 0.15) is 5.82 Å². The van der Waals surface area contributed by atoms with Gasteiger partial charge in [0.15, 0.2) is 0 Å². The Morgan fingerprint density at radius 3 is 2.11 bits per heavy atom. The van der Waals surface area contributed by atoms with Gasteiger partial charge < -0.3 is 5.32 Å². The first-order chi connectivity index (χ1) is 18.2. The summed E-state index contributed by atoms with van der Waals surface area (Å²) in [6, 6.07) is 17.9. The largest absolute Gasteiger partial charge is 0.416 e. The molecule has 0 atom stereocenters. The maximum Gasteiger partial charge on any atom is 0.416 e. The molecule has 0 saturated carbocycles. The predicted octanol–water partition coefficient (Wildman–Crippen LogP) is 5.80. The zero-order chi connectivity index (χ0) is 26.7. The van der Waals surface area contributed by atoms with Crippen molar-refractivity contribution in [3.8, 4) is 0 Å². The summed E-state index contributed by atoms with van der Waals surface area (Å²) in [5.41, 5.74) is 4.34. The smallest absolute Gasteiger partial charge is 0.349 e. The minimum absolute atomic E-state index is 0.0670. The van der Waals surface area contributed by atoms with Crippen LogP contribution in [-0.2, 0) is 32.2 Å². The van der Waals surface area contributed by atoms with Crippen molar-refractivity contribution in [1.82, 2.24) is 15.1 Å². The van der Waals surface area contributed by atoms with Crippen molar-refractivity contribution in [2.24, 2.45) is 0 Å². The molecule has 0 aliphatic carbocycles. The Bertz CT molecular complexity index is 1250. The first-order valence-electron chi connectivity index (χ1n) is 13.0. The molecule has 2 aliphatic heterocycles. The number of nitrogens with one attached hydrogen (secondary N) is 1. The van der Waals surface area contributed by atoms with Gasteiger partial charge in [0, 0.05) is 50.9 Å². The van der Waals surface area contributed by atoms with Gasteiger partial charge in [0.05, 0.1) is 5.56 Å². The zero-order valence-corrected chi connectivity index (χ0v) is 21.1. The molecule has 2 heterocycles. The number of alkyl halides is 3. The topological polar surface area (TPSA) is 35.6 Å². The molecule has 0 unspecified atom stereocenters. The van der Waals surface area contributed by atoms with Gasteiger partial charge in [-0.2, -0.15) is 13.2 Å². The molecule has 0 bridgehead atoms. The van der Waals surface area contributed by atoms with Gasteiger partial charge in [-0.3, -0.25) is 14.6 Å². The van der Waals surface area contributed by atoms with Crippen molar-refractivity contribution in [1.29, 1.82) is 0 Å². The third kappa shape index (κ3) is 6.60. The lowest BCUT2D eigenvalue weighted by atomic mass is 9.96. The monoisotopic (exact) mass is 525 g/mol. The van der Waals surface area contributed by atoms with E-state index in [0.717, 1.165) is 80.8 Å². The molecule has 38 heavy (non-hydrogen) atoms. The van der Waals surface area contributed by atoms with Crippen LogP contribution in [0, 0.1) is 5.82 Å². The van der Waals surface area contributed by atoms with E-state index >= 15 is 0 Å². The number of amides is 1. The molecule has 0 aromatic heterocycles. The molecule has 0 radical (unpaired) electrons. The summed E-state index contributed by atoms with van der Waals surface area (Å²) in [7, 11) is 0. The standard InChI is InChI=1S/C30H31F4N3O/c31-27-9-3-22(4-10-27)19-37-14-11-23-5-6-24(17-25(23)20-37)29(38)35-28-12-15-36(16-13-28)18-21-1-7-26(8-2-21)30(32,33)34/h1-10,17,28H,11-16,18-20H2,(H,35,38). The molecule has 5 rings (SSSR count). The van der Waals surface area contributed by atoms with Crippen LogP contribution in [0.15, 0.2) is 66.7 Å². The van der Waals surface area contributed by atoms with Crippen molar-refractivity contribution in [3.05, 3.63) is 106 Å². The van der Waals surface area contributed by atoms with Crippen molar-refractivity contribution in [2.75, 3.05) is 19.6 Å². The molecular formula is C30H31F4N3O. The number of benzene rings is 3. The number of nitrogens with zero attached hydrogens (tertiary/aromatic N) is 2. The summed E-state index contributed by atoms with van der Waals surface area (Å²) in [6.07, 6.45) is -1.82. The molecule has 8 heteroatoms. The SMILES string of the molecule is O=C(NC1CCN(Cc2ccc(C(F)(F)F)cc2)CC1)c1ccc2c(c1)CN(Cc1ccc(F)cc1)CC2. The Hall–Kier alpha value is -3.23. The van der Waals surface area contributed by atoms with E-state index < -0.39 is 11.7 Å². The number of hydrogen-bond acceptors (Lipinski definition) is 3. The number of hydrogen-bond donors (Lipinski definition) is 1. The maximum atomic E-state index is 13.2. The molecular weight excluding hydrogens is 494 g/mol. The Morgan fingerprint density at radius 2 is 1.45 bits per heavy atom. The van der Waals surface area contributed by atoms with Crippen LogP contribution >= 0.6 is 0 Å². The Kier molecular flexibility index (Phi) is 7.81. The highest BCUT2D eigenvalue weighted by molar-refractivity contribution is 5.94. The zero-order valence-electron chi connectivity index (χ0n) is 21.1. The molecule has 2 aliphatic rings. The maximum absolute atomic E-state index is 13.2. The van der Waals surface area contributed by atoms with Crippen LogP contribution in [0.1, 0.15) is 51.0 Å². The molecule has 1 fully saturated rings. The van der Waals surface area contributed by atoms with Crippen LogP contribution in [0.5, 0.6) is 0 Å². The van der Waals surface area contributed by atoms with Gasteiger partial charge in [0.2, 0.25) is 0 Å². The number of carbonyl (C=O) groups is 1. The van der Waals surface area contributed by atoms with E-state index in [9.17, 15) is 22.4 Å². The van der Waals surface area contributed by atoms with Crippen molar-refractivity contribution < 1.29 is 22.4 Å². The summed E-state index contributed by atoms with van der Waals surface area (Å²) in [6.45, 7) is 4.54. The van der Waals surface area contributed by atoms with Gasteiger partial charge in [0.25, 0.3) is 5.91 Å². The predicted molar refractivity (Wildman–Crippen MR) is 138 cm³/mol. The van der Waals surface area contributed by atoms with Gasteiger partial charge in [-0.25, -0.2) is 4.39 Å². The van der Waals surface area contributed by atoms with E-state index in [1.165, 1.54) is 29.8 Å². The van der Waals surface area contributed by atoms with E-state index in [-0.39, 0.29) is 17.8 Å². The van der Waals surface area contributed by atoms with Crippen molar-refractivity contribution in [3.63, 3.8) is 0 Å². The molecule has 1 amide bonds. The average molecular weight is 526 g/mol. The third-order valence-corrected chi connectivity index (χ3v) is 7.49. The third-order valence-electron chi connectivity index (χ3n) is 7.49. The van der Waals surface area contributed by atoms with Crippen LogP contribution in [0.3, 0.4) is 0 Å². The second-order valence-electron chi connectivity index (χ2n) is 10.3. The van der Waals surface area contributed by atoms with Crippen LogP contribution in [-0.4, -0.2) is 41.4 Å². The van der Waals surface area contributed by atoms with Crippen molar-refractivity contribution >= 4 is 5.91 Å². The van der Waals surface area contributed by atoms with Crippen LogP contribution < -0.4 is 5.32 Å². The number of likely N-dealkylation sites (tertiary alicyclic amines) is 1. The minimum Gasteiger partial charge on any atom is -0.349 e. The first kappa shape index (κ1) is 26.4. The van der Waals surface area contributed by atoms with Crippen LogP contribution in [0.4, 0.5) is 17.6 Å². The lowest BCUT2D eigenvalue weighted by Gasteiger charge is -2.32. The highest BCUT2D eigenvalue weighted by Gasteiger charge is 2.30. The summed E-state index contributed by atoms with van der Waals surface area (Å²) in [5.74, 6) is -0.317. The summed E-state index contributed by atoms with van der Waals surface area (Å²) in [4.78, 5) is 17.5. The van der Waals surface area contributed by atoms with E-state index in [0.29, 0.717) is 12.1 Å². The number of fused-ring (bicyclic) bond motifs is 1. The van der Waals surface area contributed by atoms with E-state index in [2.05, 4.69) is 15.1 Å². The van der Waals surface area contributed by atoms with Crippen molar-refractivity contribution in [2.45, 2.75) is 51.1 Å².